The molecule has 106 valence electrons. The Labute approximate surface area is 113 Å². The van der Waals surface area contributed by atoms with Gasteiger partial charge in [0.1, 0.15) is 0 Å². The second-order valence-electron chi connectivity index (χ2n) is 6.08. The molecule has 0 saturated carbocycles. The van der Waals surface area contributed by atoms with Crippen molar-refractivity contribution in [3.8, 4) is 0 Å². The largest absolute Gasteiger partial charge is 0.463 e. The number of carbonyl (C=O) groups excluding carboxylic acids is 1. The summed E-state index contributed by atoms with van der Waals surface area (Å²) in [7, 11) is -1.71. The van der Waals surface area contributed by atoms with Crippen molar-refractivity contribution >= 4 is 14.3 Å². The smallest absolute Gasteiger partial charge is 0.330 e. The summed E-state index contributed by atoms with van der Waals surface area (Å²) in [6, 6.07) is 0. The lowest BCUT2D eigenvalue weighted by atomic mass is 10.2. The Morgan fingerprint density at radius 1 is 1.33 bits per heavy atom. The molecule has 0 aromatic rings. The number of esters is 1. The molecule has 0 aromatic heterocycles. The van der Waals surface area contributed by atoms with Crippen LogP contribution in [-0.4, -0.2) is 27.0 Å². The normalized spacial score (nSPS) is 14.8. The molecular formula is C14H28O3Si. The first-order chi connectivity index (χ1) is 8.10. The van der Waals surface area contributed by atoms with Crippen molar-refractivity contribution in [1.82, 2.24) is 0 Å². The molecule has 0 aliphatic carbocycles. The van der Waals surface area contributed by atoms with Crippen LogP contribution in [0.4, 0.5) is 0 Å². The average molecular weight is 272 g/mol. The Bertz CT molecular complexity index is 290. The van der Waals surface area contributed by atoms with Gasteiger partial charge in [0.15, 0.2) is 8.32 Å². The third-order valence-electron chi connectivity index (χ3n) is 3.31. The van der Waals surface area contributed by atoms with Crippen molar-refractivity contribution in [3.63, 3.8) is 0 Å². The standard InChI is InChI=1S/C14H28O3Si/c1-8-16-13(15)11-9-10-12(2)17-18(6,7)14(3,4)5/h9,11-12H,8,10H2,1-7H3/b11-9+/t12-/m1/s1. The van der Waals surface area contributed by atoms with E-state index in [4.69, 9.17) is 9.16 Å². The van der Waals surface area contributed by atoms with Crippen molar-refractivity contribution in [1.29, 1.82) is 0 Å². The molecule has 18 heavy (non-hydrogen) atoms. The maximum atomic E-state index is 11.1. The average Bonchev–Trinajstić information content (AvgIpc) is 2.15. The zero-order chi connectivity index (χ0) is 14.4. The first kappa shape index (κ1) is 17.4. The Balaban J connectivity index is 4.20. The topological polar surface area (TPSA) is 35.5 Å². The molecule has 4 heteroatoms. The van der Waals surface area contributed by atoms with Gasteiger partial charge in [-0.25, -0.2) is 4.79 Å². The third-order valence-corrected chi connectivity index (χ3v) is 7.91. The molecule has 0 spiro atoms. The van der Waals surface area contributed by atoms with Crippen LogP contribution in [0.25, 0.3) is 0 Å². The third kappa shape index (κ3) is 6.35. The predicted octanol–water partition coefficient (Wildman–Crippen LogP) is 3.91. The fraction of sp³-hybridized carbons (Fsp3) is 0.786. The first-order valence-electron chi connectivity index (χ1n) is 6.61. The van der Waals surface area contributed by atoms with Gasteiger partial charge in [-0.05, 0) is 38.4 Å². The van der Waals surface area contributed by atoms with Gasteiger partial charge in [-0.3, -0.25) is 0 Å². The molecule has 0 amide bonds. The van der Waals surface area contributed by atoms with E-state index in [2.05, 4.69) is 40.8 Å². The molecule has 0 aliphatic heterocycles. The molecule has 0 N–H and O–H groups in total. The first-order valence-corrected chi connectivity index (χ1v) is 9.52. The van der Waals surface area contributed by atoms with Crippen LogP contribution in [0, 0.1) is 0 Å². The second kappa shape index (κ2) is 7.09. The van der Waals surface area contributed by atoms with E-state index < -0.39 is 8.32 Å². The van der Waals surface area contributed by atoms with Gasteiger partial charge in [-0.15, -0.1) is 0 Å². The summed E-state index contributed by atoms with van der Waals surface area (Å²) in [4.78, 5) is 11.1. The lowest BCUT2D eigenvalue weighted by Crippen LogP contribution is -2.43. The van der Waals surface area contributed by atoms with Gasteiger partial charge in [-0.1, -0.05) is 26.8 Å². The van der Waals surface area contributed by atoms with Crippen molar-refractivity contribution in [3.05, 3.63) is 12.2 Å². The number of hydrogen-bond acceptors (Lipinski definition) is 3. The highest BCUT2D eigenvalue weighted by atomic mass is 28.4. The molecule has 0 saturated heterocycles. The number of rotatable bonds is 6. The zero-order valence-corrected chi connectivity index (χ0v) is 13.9. The van der Waals surface area contributed by atoms with Crippen LogP contribution in [0.2, 0.25) is 18.1 Å². The van der Waals surface area contributed by atoms with Crippen LogP contribution < -0.4 is 0 Å². The lowest BCUT2D eigenvalue weighted by Gasteiger charge is -2.38. The Morgan fingerprint density at radius 3 is 2.33 bits per heavy atom. The van der Waals surface area contributed by atoms with E-state index in [1.807, 2.05) is 6.08 Å². The van der Waals surface area contributed by atoms with E-state index in [9.17, 15) is 4.79 Å². The predicted molar refractivity (Wildman–Crippen MR) is 78.1 cm³/mol. The Kier molecular flexibility index (Phi) is 6.85. The van der Waals surface area contributed by atoms with Crippen LogP contribution in [0.3, 0.4) is 0 Å². The van der Waals surface area contributed by atoms with Gasteiger partial charge >= 0.3 is 5.97 Å². The monoisotopic (exact) mass is 272 g/mol. The molecule has 0 radical (unpaired) electrons. The van der Waals surface area contributed by atoms with Crippen LogP contribution >= 0.6 is 0 Å². The lowest BCUT2D eigenvalue weighted by molar-refractivity contribution is -0.137. The minimum absolute atomic E-state index is 0.136. The minimum atomic E-state index is -1.71. The summed E-state index contributed by atoms with van der Waals surface area (Å²) < 4.78 is 11.0. The molecule has 0 heterocycles. The highest BCUT2D eigenvalue weighted by Gasteiger charge is 2.38. The molecule has 1 atom stereocenters. The fourth-order valence-electron chi connectivity index (χ4n) is 1.27. The maximum Gasteiger partial charge on any atom is 0.330 e. The maximum absolute atomic E-state index is 11.1. The zero-order valence-electron chi connectivity index (χ0n) is 12.9. The van der Waals surface area contributed by atoms with Crippen LogP contribution in [0.15, 0.2) is 12.2 Å². The van der Waals surface area contributed by atoms with Gasteiger partial charge < -0.3 is 9.16 Å². The molecule has 0 rings (SSSR count). The van der Waals surface area contributed by atoms with E-state index in [-0.39, 0.29) is 17.1 Å². The summed E-state index contributed by atoms with van der Waals surface area (Å²) >= 11 is 0. The van der Waals surface area contributed by atoms with E-state index in [0.717, 1.165) is 6.42 Å². The summed E-state index contributed by atoms with van der Waals surface area (Å²) in [5.74, 6) is -0.281. The minimum Gasteiger partial charge on any atom is -0.463 e. The highest BCUT2D eigenvalue weighted by molar-refractivity contribution is 6.74. The van der Waals surface area contributed by atoms with Crippen LogP contribution in [0.1, 0.15) is 41.0 Å². The quantitative estimate of drug-likeness (QED) is 0.418. The molecule has 0 bridgehead atoms. The fourth-order valence-corrected chi connectivity index (χ4v) is 2.73. The summed E-state index contributed by atoms with van der Waals surface area (Å²) in [6.45, 7) is 15.4. The molecule has 0 aliphatic rings. The van der Waals surface area contributed by atoms with Crippen molar-refractivity contribution in [2.75, 3.05) is 6.61 Å². The van der Waals surface area contributed by atoms with E-state index >= 15 is 0 Å². The van der Waals surface area contributed by atoms with Crippen LogP contribution in [-0.2, 0) is 14.0 Å². The number of hydrogen-bond donors (Lipinski definition) is 0. The van der Waals surface area contributed by atoms with E-state index in [0.29, 0.717) is 6.61 Å². The van der Waals surface area contributed by atoms with E-state index in [1.165, 1.54) is 6.08 Å². The Morgan fingerprint density at radius 2 is 1.89 bits per heavy atom. The van der Waals surface area contributed by atoms with E-state index in [1.54, 1.807) is 6.92 Å². The molecule has 0 fully saturated rings. The molecule has 0 aromatic carbocycles. The van der Waals surface area contributed by atoms with Gasteiger partial charge in [0, 0.05) is 12.2 Å². The van der Waals surface area contributed by atoms with Crippen LogP contribution in [0.5, 0.6) is 0 Å². The molecular weight excluding hydrogens is 244 g/mol. The van der Waals surface area contributed by atoms with Gasteiger partial charge in [-0.2, -0.15) is 0 Å². The molecule has 3 nitrogen and oxygen atoms in total. The van der Waals surface area contributed by atoms with Gasteiger partial charge in [0.2, 0.25) is 0 Å². The molecule has 0 unspecified atom stereocenters. The summed E-state index contributed by atoms with van der Waals surface area (Å²) in [5, 5.41) is 0.214. The summed E-state index contributed by atoms with van der Waals surface area (Å²) in [6.07, 6.45) is 4.19. The van der Waals surface area contributed by atoms with Crippen molar-refractivity contribution < 1.29 is 14.0 Å². The second-order valence-corrected chi connectivity index (χ2v) is 10.8. The van der Waals surface area contributed by atoms with Gasteiger partial charge in [0.25, 0.3) is 0 Å². The summed E-state index contributed by atoms with van der Waals surface area (Å²) in [5.41, 5.74) is 0. The highest BCUT2D eigenvalue weighted by Crippen LogP contribution is 2.37. The number of carbonyl (C=O) groups is 1. The SMILES string of the molecule is CCOC(=O)/C=C/C[C@@H](C)O[Si](C)(C)C(C)(C)C. The number of ether oxygens (including phenoxy) is 1. The van der Waals surface area contributed by atoms with Crippen molar-refractivity contribution in [2.45, 2.75) is 65.3 Å². The Hall–Kier alpha value is -0.613. The van der Waals surface area contributed by atoms with Gasteiger partial charge in [0.05, 0.1) is 6.61 Å². The van der Waals surface area contributed by atoms with Crippen molar-refractivity contribution in [2.24, 2.45) is 0 Å².